The van der Waals surface area contributed by atoms with Gasteiger partial charge in [-0.25, -0.2) is 9.97 Å². The fraction of sp³-hybridized carbons (Fsp3) is 0.526. The molecule has 1 N–H and O–H groups in total. The van der Waals surface area contributed by atoms with Crippen molar-refractivity contribution in [3.05, 3.63) is 41.4 Å². The summed E-state index contributed by atoms with van der Waals surface area (Å²) in [5, 5.41) is 4.22. The topological polar surface area (TPSA) is 64.8 Å². The number of nitrogens with one attached hydrogen (secondary N) is 1. The summed E-state index contributed by atoms with van der Waals surface area (Å²) in [6.45, 7) is 6.50. The van der Waals surface area contributed by atoms with Crippen molar-refractivity contribution in [2.45, 2.75) is 6.54 Å². The molecule has 29 heavy (non-hydrogen) atoms. The monoisotopic (exact) mass is 532 g/mol. The summed E-state index contributed by atoms with van der Waals surface area (Å²) in [7, 11) is 5.86. The summed E-state index contributed by atoms with van der Waals surface area (Å²) in [6, 6.07) is 3.84. The summed E-state index contributed by atoms with van der Waals surface area (Å²) in [6.07, 6.45) is 5.51. The Morgan fingerprint density at radius 1 is 1.24 bits per heavy atom. The predicted octanol–water partition coefficient (Wildman–Crippen LogP) is 1.92. The van der Waals surface area contributed by atoms with Crippen molar-refractivity contribution in [1.82, 2.24) is 29.7 Å². The number of rotatable bonds is 6. The lowest BCUT2D eigenvalue weighted by Crippen LogP contribution is -2.49. The number of anilines is 1. The molecule has 3 rings (SSSR count). The van der Waals surface area contributed by atoms with E-state index in [1.165, 1.54) is 0 Å². The first-order valence-corrected chi connectivity index (χ1v) is 9.91. The van der Waals surface area contributed by atoms with Gasteiger partial charge in [-0.3, -0.25) is 9.89 Å². The third kappa shape index (κ3) is 6.71. The van der Waals surface area contributed by atoms with Gasteiger partial charge in [-0.05, 0) is 12.1 Å². The molecule has 0 saturated carbocycles. The van der Waals surface area contributed by atoms with Crippen molar-refractivity contribution in [2.24, 2.45) is 12.0 Å². The molecule has 8 nitrogen and oxygen atoms in total. The zero-order valence-electron chi connectivity index (χ0n) is 17.3. The summed E-state index contributed by atoms with van der Waals surface area (Å²) >= 11 is 6.08. The van der Waals surface area contributed by atoms with E-state index in [1.807, 2.05) is 44.0 Å². The smallest absolute Gasteiger partial charge is 0.225 e. The molecule has 3 heterocycles. The van der Waals surface area contributed by atoms with E-state index in [-0.39, 0.29) is 24.0 Å². The molecular weight excluding hydrogens is 503 g/mol. The number of halogens is 2. The average molecular weight is 533 g/mol. The van der Waals surface area contributed by atoms with Crippen LogP contribution in [0.5, 0.6) is 0 Å². The van der Waals surface area contributed by atoms with E-state index in [0.717, 1.165) is 68.4 Å². The van der Waals surface area contributed by atoms with E-state index in [9.17, 15) is 0 Å². The fourth-order valence-electron chi connectivity index (χ4n) is 3.38. The van der Waals surface area contributed by atoms with Crippen LogP contribution in [0.1, 0.15) is 5.69 Å². The number of nitrogens with zero attached hydrogens (tertiary/aromatic N) is 7. The van der Waals surface area contributed by atoms with E-state index in [1.54, 1.807) is 12.4 Å². The first-order chi connectivity index (χ1) is 13.6. The lowest BCUT2D eigenvalue weighted by atomic mass is 10.3. The Labute approximate surface area is 195 Å². The number of hydrogen-bond acceptors (Lipinski definition) is 5. The highest BCUT2D eigenvalue weighted by molar-refractivity contribution is 14.0. The van der Waals surface area contributed by atoms with Gasteiger partial charge in [0.15, 0.2) is 5.96 Å². The molecule has 0 aliphatic carbocycles. The quantitative estimate of drug-likeness (QED) is 0.348. The van der Waals surface area contributed by atoms with Gasteiger partial charge in [0.2, 0.25) is 5.95 Å². The molecule has 0 amide bonds. The maximum Gasteiger partial charge on any atom is 0.225 e. The van der Waals surface area contributed by atoms with Gasteiger partial charge in [0.05, 0.1) is 11.6 Å². The second kappa shape index (κ2) is 11.6. The largest absolute Gasteiger partial charge is 0.355 e. The number of aromatic nitrogens is 3. The third-order valence-corrected chi connectivity index (χ3v) is 5.17. The summed E-state index contributed by atoms with van der Waals surface area (Å²) in [5.41, 5.74) is 1.15. The lowest BCUT2D eigenvalue weighted by Gasteiger charge is -2.34. The van der Waals surface area contributed by atoms with Crippen LogP contribution in [0.4, 0.5) is 5.95 Å². The number of aryl methyl sites for hydroxylation is 1. The van der Waals surface area contributed by atoms with Gasteiger partial charge >= 0.3 is 0 Å². The van der Waals surface area contributed by atoms with Crippen LogP contribution in [0.3, 0.4) is 0 Å². The molecule has 160 valence electrons. The van der Waals surface area contributed by atoms with Gasteiger partial charge in [-0.2, -0.15) is 0 Å². The highest BCUT2D eigenvalue weighted by Gasteiger charge is 2.18. The maximum atomic E-state index is 6.08. The fourth-order valence-corrected chi connectivity index (χ4v) is 3.65. The average Bonchev–Trinajstić information content (AvgIpc) is 3.03. The highest BCUT2D eigenvalue weighted by Crippen LogP contribution is 2.14. The standard InChI is InChI=1S/C19H29ClN8.HI/c1-21-18(26(3)15-17-13-16(20)14-25(17)2)24-7-8-27-9-11-28(12-10-27)19-22-5-4-6-23-19;/h4-6,13-14H,7-12,15H2,1-3H3,(H,21,24);1H. The van der Waals surface area contributed by atoms with E-state index in [2.05, 4.69) is 35.0 Å². The molecule has 1 aliphatic rings. The van der Waals surface area contributed by atoms with Gasteiger partial charge in [-0.15, -0.1) is 24.0 Å². The van der Waals surface area contributed by atoms with Gasteiger partial charge in [0.25, 0.3) is 0 Å². The van der Waals surface area contributed by atoms with Crippen LogP contribution in [-0.4, -0.2) is 83.7 Å². The van der Waals surface area contributed by atoms with Crippen LogP contribution < -0.4 is 10.2 Å². The van der Waals surface area contributed by atoms with E-state index >= 15 is 0 Å². The number of guanidine groups is 1. The van der Waals surface area contributed by atoms with Crippen LogP contribution in [0.25, 0.3) is 0 Å². The van der Waals surface area contributed by atoms with Crippen LogP contribution in [-0.2, 0) is 13.6 Å². The Morgan fingerprint density at radius 2 is 1.93 bits per heavy atom. The Balaban J connectivity index is 0.00000300. The molecule has 2 aromatic heterocycles. The Hall–Kier alpha value is -1.59. The second-order valence-electron chi connectivity index (χ2n) is 6.97. The molecule has 1 fully saturated rings. The Morgan fingerprint density at radius 3 is 2.52 bits per heavy atom. The lowest BCUT2D eigenvalue weighted by molar-refractivity contribution is 0.259. The zero-order valence-corrected chi connectivity index (χ0v) is 20.3. The molecule has 0 aromatic carbocycles. The molecule has 0 radical (unpaired) electrons. The second-order valence-corrected chi connectivity index (χ2v) is 7.40. The van der Waals surface area contributed by atoms with Gasteiger partial charge in [-0.1, -0.05) is 11.6 Å². The molecule has 10 heteroatoms. The van der Waals surface area contributed by atoms with Crippen molar-refractivity contribution in [3.8, 4) is 0 Å². The first-order valence-electron chi connectivity index (χ1n) is 9.53. The van der Waals surface area contributed by atoms with Crippen molar-refractivity contribution in [1.29, 1.82) is 0 Å². The molecule has 1 saturated heterocycles. The van der Waals surface area contributed by atoms with Gasteiger partial charge in [0.1, 0.15) is 0 Å². The predicted molar refractivity (Wildman–Crippen MR) is 129 cm³/mol. The minimum atomic E-state index is 0. The summed E-state index contributed by atoms with van der Waals surface area (Å²) < 4.78 is 2.04. The van der Waals surface area contributed by atoms with Crippen molar-refractivity contribution in [3.63, 3.8) is 0 Å². The summed E-state index contributed by atoms with van der Waals surface area (Å²) in [5.74, 6) is 1.71. The van der Waals surface area contributed by atoms with Crippen LogP contribution in [0, 0.1) is 0 Å². The van der Waals surface area contributed by atoms with Crippen molar-refractivity contribution < 1.29 is 0 Å². The van der Waals surface area contributed by atoms with Crippen LogP contribution in [0.15, 0.2) is 35.7 Å². The summed E-state index contributed by atoms with van der Waals surface area (Å²) in [4.78, 5) is 19.9. The molecular formula is C19H30ClIN8. The highest BCUT2D eigenvalue weighted by atomic mass is 127. The Bertz CT molecular complexity index is 774. The first kappa shape index (κ1) is 23.7. The van der Waals surface area contributed by atoms with Crippen molar-refractivity contribution in [2.75, 3.05) is 58.3 Å². The van der Waals surface area contributed by atoms with Crippen LogP contribution >= 0.6 is 35.6 Å². The normalized spacial score (nSPS) is 15.2. The molecule has 0 bridgehead atoms. The number of aliphatic imine (C=N–C) groups is 1. The SMILES string of the molecule is CN=C(NCCN1CCN(c2ncccn2)CC1)N(C)Cc1cc(Cl)cn1C.I. The number of hydrogen-bond donors (Lipinski definition) is 1. The van der Waals surface area contributed by atoms with E-state index in [4.69, 9.17) is 11.6 Å². The molecule has 0 spiro atoms. The van der Waals surface area contributed by atoms with Crippen LogP contribution in [0.2, 0.25) is 5.02 Å². The van der Waals surface area contributed by atoms with E-state index < -0.39 is 0 Å². The minimum absolute atomic E-state index is 0. The number of piperazine rings is 1. The Kier molecular flexibility index (Phi) is 9.44. The maximum absolute atomic E-state index is 6.08. The van der Waals surface area contributed by atoms with Gasteiger partial charge < -0.3 is 19.7 Å². The third-order valence-electron chi connectivity index (χ3n) is 4.97. The molecule has 0 atom stereocenters. The molecule has 2 aromatic rings. The molecule has 0 unspecified atom stereocenters. The minimum Gasteiger partial charge on any atom is -0.355 e. The van der Waals surface area contributed by atoms with E-state index in [0.29, 0.717) is 0 Å². The zero-order chi connectivity index (χ0) is 19.9. The van der Waals surface area contributed by atoms with Gasteiger partial charge in [0, 0.05) is 84.7 Å². The van der Waals surface area contributed by atoms with Crippen molar-refractivity contribution >= 4 is 47.5 Å². The molecule has 1 aliphatic heterocycles.